The molecule has 1 aliphatic heterocycles. The van der Waals surface area contributed by atoms with Gasteiger partial charge in [-0.05, 0) is 38.3 Å². The summed E-state index contributed by atoms with van der Waals surface area (Å²) in [5, 5.41) is 0. The van der Waals surface area contributed by atoms with Crippen molar-refractivity contribution < 1.29 is 0 Å². The van der Waals surface area contributed by atoms with Crippen molar-refractivity contribution in [3.05, 3.63) is 18.2 Å². The summed E-state index contributed by atoms with van der Waals surface area (Å²) >= 11 is 0. The van der Waals surface area contributed by atoms with Crippen molar-refractivity contribution in [2.24, 2.45) is 11.7 Å². The number of nitrogens with two attached hydrogens (primary N) is 1. The first-order chi connectivity index (χ1) is 9.30. The van der Waals surface area contributed by atoms with E-state index in [1.807, 2.05) is 12.5 Å². The van der Waals surface area contributed by atoms with E-state index in [0.717, 1.165) is 18.9 Å². The van der Waals surface area contributed by atoms with Crippen molar-refractivity contribution in [2.75, 3.05) is 19.6 Å². The molecule has 0 spiro atoms. The van der Waals surface area contributed by atoms with Crippen LogP contribution in [0.2, 0.25) is 0 Å². The Kier molecular flexibility index (Phi) is 5.40. The summed E-state index contributed by atoms with van der Waals surface area (Å²) in [6.07, 6.45) is 9.02. The van der Waals surface area contributed by atoms with Crippen molar-refractivity contribution in [3.8, 4) is 0 Å². The zero-order valence-corrected chi connectivity index (χ0v) is 12.4. The maximum atomic E-state index is 6.04. The lowest BCUT2D eigenvalue weighted by molar-refractivity contribution is 0.129. The first-order valence-corrected chi connectivity index (χ1v) is 7.74. The fourth-order valence-corrected chi connectivity index (χ4v) is 3.17. The van der Waals surface area contributed by atoms with Gasteiger partial charge in [0.05, 0.1) is 18.1 Å². The monoisotopic (exact) mass is 264 g/mol. The molecule has 1 aromatic rings. The molecule has 19 heavy (non-hydrogen) atoms. The summed E-state index contributed by atoms with van der Waals surface area (Å²) in [6.45, 7) is 8.59. The molecule has 0 saturated carbocycles. The number of imidazole rings is 1. The number of aryl methyl sites for hydroxylation is 1. The van der Waals surface area contributed by atoms with Gasteiger partial charge in [0.1, 0.15) is 0 Å². The van der Waals surface area contributed by atoms with Crippen LogP contribution < -0.4 is 5.73 Å². The van der Waals surface area contributed by atoms with Gasteiger partial charge in [0.15, 0.2) is 0 Å². The summed E-state index contributed by atoms with van der Waals surface area (Å²) in [4.78, 5) is 6.87. The Balaban J connectivity index is 2.05. The van der Waals surface area contributed by atoms with E-state index in [1.165, 1.54) is 38.0 Å². The van der Waals surface area contributed by atoms with Gasteiger partial charge in [0.25, 0.3) is 0 Å². The minimum absolute atomic E-state index is 0.340. The molecule has 2 heterocycles. The average Bonchev–Trinajstić information content (AvgIpc) is 2.89. The van der Waals surface area contributed by atoms with Gasteiger partial charge in [-0.2, -0.15) is 0 Å². The van der Waals surface area contributed by atoms with Gasteiger partial charge in [0.2, 0.25) is 0 Å². The molecule has 0 amide bonds. The van der Waals surface area contributed by atoms with Gasteiger partial charge in [-0.1, -0.05) is 20.3 Å². The number of aromatic nitrogens is 2. The number of nitrogens with zero attached hydrogens (tertiary/aromatic N) is 3. The Hall–Kier alpha value is -0.870. The van der Waals surface area contributed by atoms with Crippen molar-refractivity contribution in [1.29, 1.82) is 0 Å². The van der Waals surface area contributed by atoms with Crippen LogP contribution in [0.25, 0.3) is 0 Å². The van der Waals surface area contributed by atoms with E-state index >= 15 is 0 Å². The summed E-state index contributed by atoms with van der Waals surface area (Å²) in [5.41, 5.74) is 7.34. The molecule has 1 unspecified atom stereocenters. The van der Waals surface area contributed by atoms with Crippen LogP contribution in [-0.2, 0) is 6.54 Å². The highest BCUT2D eigenvalue weighted by Crippen LogP contribution is 2.27. The second-order valence-electron chi connectivity index (χ2n) is 5.65. The molecule has 0 aromatic carbocycles. The number of piperidine rings is 1. The topological polar surface area (TPSA) is 47.1 Å². The second kappa shape index (κ2) is 7.06. The normalized spacial score (nSPS) is 19.7. The zero-order valence-electron chi connectivity index (χ0n) is 12.4. The lowest BCUT2D eigenvalue weighted by atomic mass is 9.93. The van der Waals surface area contributed by atoms with E-state index in [-0.39, 0.29) is 0 Å². The Labute approximate surface area is 117 Å². The summed E-state index contributed by atoms with van der Waals surface area (Å²) in [7, 11) is 0. The van der Waals surface area contributed by atoms with E-state index < -0.39 is 0 Å². The first-order valence-electron chi connectivity index (χ1n) is 7.74. The molecule has 1 fully saturated rings. The Morgan fingerprint density at radius 3 is 2.68 bits per heavy atom. The molecule has 4 heteroatoms. The first kappa shape index (κ1) is 14.5. The minimum Gasteiger partial charge on any atom is -0.333 e. The van der Waals surface area contributed by atoms with Crippen LogP contribution >= 0.6 is 0 Å². The molecule has 1 saturated heterocycles. The quantitative estimate of drug-likeness (QED) is 0.858. The molecule has 0 aliphatic carbocycles. The molecule has 1 aliphatic rings. The van der Waals surface area contributed by atoms with Gasteiger partial charge in [-0.3, -0.25) is 4.90 Å². The largest absolute Gasteiger partial charge is 0.333 e. The molecule has 4 nitrogen and oxygen atoms in total. The SMILES string of the molecule is CCCn1cncc1C(CN)N1CCC(CC)CC1. The van der Waals surface area contributed by atoms with Crippen LogP contribution in [0, 0.1) is 5.92 Å². The predicted octanol–water partition coefficient (Wildman–Crippen LogP) is 2.41. The van der Waals surface area contributed by atoms with E-state index in [4.69, 9.17) is 5.73 Å². The number of hydrogen-bond acceptors (Lipinski definition) is 3. The molecule has 0 radical (unpaired) electrons. The zero-order chi connectivity index (χ0) is 13.7. The highest BCUT2D eigenvalue weighted by molar-refractivity contribution is 5.07. The fourth-order valence-electron chi connectivity index (χ4n) is 3.17. The third-order valence-corrected chi connectivity index (χ3v) is 4.44. The molecule has 1 aromatic heterocycles. The minimum atomic E-state index is 0.340. The number of likely N-dealkylation sites (tertiary alicyclic amines) is 1. The summed E-state index contributed by atoms with van der Waals surface area (Å²) in [6, 6.07) is 0.340. The van der Waals surface area contributed by atoms with Crippen molar-refractivity contribution >= 4 is 0 Å². The maximum absolute atomic E-state index is 6.04. The molecule has 1 atom stereocenters. The van der Waals surface area contributed by atoms with Crippen LogP contribution in [0.1, 0.15) is 51.3 Å². The van der Waals surface area contributed by atoms with Gasteiger partial charge < -0.3 is 10.3 Å². The van der Waals surface area contributed by atoms with Crippen molar-refractivity contribution in [1.82, 2.24) is 14.5 Å². The van der Waals surface area contributed by atoms with Crippen molar-refractivity contribution in [2.45, 2.75) is 52.1 Å². The highest BCUT2D eigenvalue weighted by Gasteiger charge is 2.26. The Morgan fingerprint density at radius 1 is 1.37 bits per heavy atom. The predicted molar refractivity (Wildman–Crippen MR) is 78.9 cm³/mol. The van der Waals surface area contributed by atoms with Crippen LogP contribution in [0.15, 0.2) is 12.5 Å². The van der Waals surface area contributed by atoms with E-state index in [0.29, 0.717) is 12.6 Å². The van der Waals surface area contributed by atoms with Crippen LogP contribution in [0.3, 0.4) is 0 Å². The van der Waals surface area contributed by atoms with Gasteiger partial charge in [-0.25, -0.2) is 4.98 Å². The van der Waals surface area contributed by atoms with Gasteiger partial charge in [-0.15, -0.1) is 0 Å². The molecule has 108 valence electrons. The maximum Gasteiger partial charge on any atom is 0.0948 e. The van der Waals surface area contributed by atoms with Crippen LogP contribution in [-0.4, -0.2) is 34.1 Å². The summed E-state index contributed by atoms with van der Waals surface area (Å²) in [5.74, 6) is 0.912. The third-order valence-electron chi connectivity index (χ3n) is 4.44. The number of rotatable bonds is 6. The molecule has 0 bridgehead atoms. The van der Waals surface area contributed by atoms with E-state index in [1.54, 1.807) is 0 Å². The standard InChI is InChI=1S/C15H28N4/c1-3-7-19-12-17-11-15(19)14(10-16)18-8-5-13(4-2)6-9-18/h11-14H,3-10,16H2,1-2H3. The van der Waals surface area contributed by atoms with Crippen LogP contribution in [0.5, 0.6) is 0 Å². The van der Waals surface area contributed by atoms with Crippen molar-refractivity contribution in [3.63, 3.8) is 0 Å². The molecule has 2 N–H and O–H groups in total. The van der Waals surface area contributed by atoms with Gasteiger partial charge in [0, 0.05) is 19.3 Å². The van der Waals surface area contributed by atoms with Crippen LogP contribution in [0.4, 0.5) is 0 Å². The lowest BCUT2D eigenvalue weighted by Crippen LogP contribution is -2.40. The summed E-state index contributed by atoms with van der Waals surface area (Å²) < 4.78 is 2.27. The third kappa shape index (κ3) is 3.37. The molecule has 2 rings (SSSR count). The smallest absolute Gasteiger partial charge is 0.0948 e. The fraction of sp³-hybridized carbons (Fsp3) is 0.800. The van der Waals surface area contributed by atoms with E-state index in [2.05, 4.69) is 28.3 Å². The lowest BCUT2D eigenvalue weighted by Gasteiger charge is -2.37. The molecular weight excluding hydrogens is 236 g/mol. The number of hydrogen-bond donors (Lipinski definition) is 1. The van der Waals surface area contributed by atoms with Gasteiger partial charge >= 0.3 is 0 Å². The van der Waals surface area contributed by atoms with E-state index in [9.17, 15) is 0 Å². The highest BCUT2D eigenvalue weighted by atomic mass is 15.2. The second-order valence-corrected chi connectivity index (χ2v) is 5.65. The Morgan fingerprint density at radius 2 is 2.11 bits per heavy atom. The molecular formula is C15H28N4. The average molecular weight is 264 g/mol. The Bertz CT molecular complexity index is 366.